The number of hydrogen-bond donors (Lipinski definition) is 0. The summed E-state index contributed by atoms with van der Waals surface area (Å²) in [5, 5.41) is 1.12. The standard InChI is InChI=1S/C8H13Br/c1-2-3-4-5-6-7-8-9/h2-4H,1,5-8H2/b4-3-. The number of alkyl halides is 1. The number of hydrogen-bond acceptors (Lipinski definition) is 0. The van der Waals surface area contributed by atoms with E-state index in [1.165, 1.54) is 19.3 Å². The molecule has 0 fully saturated rings. The molecule has 0 aliphatic carbocycles. The van der Waals surface area contributed by atoms with Crippen molar-refractivity contribution >= 4 is 15.9 Å². The fraction of sp³-hybridized carbons (Fsp3) is 0.500. The molecule has 0 aromatic rings. The molecule has 1 heteroatoms. The van der Waals surface area contributed by atoms with Gasteiger partial charge in [0.1, 0.15) is 0 Å². The number of rotatable bonds is 5. The molecule has 0 unspecified atom stereocenters. The van der Waals surface area contributed by atoms with Gasteiger partial charge in [0, 0.05) is 5.33 Å². The van der Waals surface area contributed by atoms with Crippen molar-refractivity contribution in [2.24, 2.45) is 0 Å². The molecular weight excluding hydrogens is 176 g/mol. The molecule has 0 atom stereocenters. The fourth-order valence-corrected chi connectivity index (χ4v) is 0.946. The highest BCUT2D eigenvalue weighted by Crippen LogP contribution is 1.98. The number of unbranched alkanes of at least 4 members (excludes halogenated alkanes) is 2. The van der Waals surface area contributed by atoms with Crippen LogP contribution in [-0.4, -0.2) is 5.33 Å². The molecule has 0 amide bonds. The molecule has 0 nitrogen and oxygen atoms in total. The number of halogens is 1. The van der Waals surface area contributed by atoms with E-state index < -0.39 is 0 Å². The molecule has 52 valence electrons. The molecule has 0 rings (SSSR count). The van der Waals surface area contributed by atoms with Crippen molar-refractivity contribution in [1.82, 2.24) is 0 Å². The zero-order valence-electron chi connectivity index (χ0n) is 5.65. The van der Waals surface area contributed by atoms with Gasteiger partial charge < -0.3 is 0 Å². The van der Waals surface area contributed by atoms with E-state index in [-0.39, 0.29) is 0 Å². The second-order valence-electron chi connectivity index (χ2n) is 1.85. The van der Waals surface area contributed by atoms with E-state index in [0.29, 0.717) is 0 Å². The lowest BCUT2D eigenvalue weighted by atomic mass is 10.2. The van der Waals surface area contributed by atoms with Crippen LogP contribution in [0, 0.1) is 0 Å². The van der Waals surface area contributed by atoms with E-state index in [9.17, 15) is 0 Å². The van der Waals surface area contributed by atoms with Crippen molar-refractivity contribution in [1.29, 1.82) is 0 Å². The largest absolute Gasteiger partial charge is 0.0991 e. The van der Waals surface area contributed by atoms with Crippen molar-refractivity contribution < 1.29 is 0 Å². The van der Waals surface area contributed by atoms with E-state index in [4.69, 9.17) is 0 Å². The summed E-state index contributed by atoms with van der Waals surface area (Å²) >= 11 is 3.37. The molecule has 0 aromatic carbocycles. The highest BCUT2D eigenvalue weighted by atomic mass is 79.9. The van der Waals surface area contributed by atoms with Gasteiger partial charge in [-0.15, -0.1) is 0 Å². The summed E-state index contributed by atoms with van der Waals surface area (Å²) in [4.78, 5) is 0. The Labute approximate surface area is 65.8 Å². The molecule has 0 N–H and O–H groups in total. The molecule has 9 heavy (non-hydrogen) atoms. The van der Waals surface area contributed by atoms with Crippen LogP contribution in [0.15, 0.2) is 24.8 Å². The van der Waals surface area contributed by atoms with Gasteiger partial charge in [-0.2, -0.15) is 0 Å². The van der Waals surface area contributed by atoms with Gasteiger partial charge in [0.2, 0.25) is 0 Å². The normalized spacial score (nSPS) is 10.3. The minimum absolute atomic E-state index is 1.12. The summed E-state index contributed by atoms with van der Waals surface area (Å²) in [6.07, 6.45) is 9.67. The summed E-state index contributed by atoms with van der Waals surface area (Å²) in [5.41, 5.74) is 0. The Morgan fingerprint density at radius 2 is 2.11 bits per heavy atom. The topological polar surface area (TPSA) is 0 Å². The molecule has 0 aliphatic rings. The molecule has 0 spiro atoms. The van der Waals surface area contributed by atoms with Crippen molar-refractivity contribution in [3.8, 4) is 0 Å². The Morgan fingerprint density at radius 3 is 2.67 bits per heavy atom. The lowest BCUT2D eigenvalue weighted by molar-refractivity contribution is 0.827. The van der Waals surface area contributed by atoms with Crippen molar-refractivity contribution in [3.05, 3.63) is 24.8 Å². The third kappa shape index (κ3) is 7.96. The van der Waals surface area contributed by atoms with Crippen LogP contribution in [0.4, 0.5) is 0 Å². The van der Waals surface area contributed by atoms with Crippen molar-refractivity contribution in [2.75, 3.05) is 5.33 Å². The van der Waals surface area contributed by atoms with E-state index in [2.05, 4.69) is 28.6 Å². The summed E-state index contributed by atoms with van der Waals surface area (Å²) in [6, 6.07) is 0. The average molecular weight is 189 g/mol. The first-order chi connectivity index (χ1) is 4.41. The Kier molecular flexibility index (Phi) is 7.92. The van der Waals surface area contributed by atoms with Crippen molar-refractivity contribution in [2.45, 2.75) is 19.3 Å². The summed E-state index contributed by atoms with van der Waals surface area (Å²) in [7, 11) is 0. The SMILES string of the molecule is C=C/C=C\CCCCBr. The predicted octanol–water partition coefficient (Wildman–Crippen LogP) is 3.29. The molecule has 0 aromatic heterocycles. The van der Waals surface area contributed by atoms with Crippen LogP contribution in [0.5, 0.6) is 0 Å². The molecular formula is C8H13Br. The van der Waals surface area contributed by atoms with Gasteiger partial charge >= 0.3 is 0 Å². The van der Waals surface area contributed by atoms with Gasteiger partial charge in [0.15, 0.2) is 0 Å². The molecule has 0 radical (unpaired) electrons. The van der Waals surface area contributed by atoms with Gasteiger partial charge in [0.05, 0.1) is 0 Å². The maximum atomic E-state index is 3.58. The van der Waals surface area contributed by atoms with Crippen LogP contribution in [0.2, 0.25) is 0 Å². The van der Waals surface area contributed by atoms with E-state index >= 15 is 0 Å². The zero-order chi connectivity index (χ0) is 6.95. The monoisotopic (exact) mass is 188 g/mol. The van der Waals surface area contributed by atoms with Crippen LogP contribution in [0.25, 0.3) is 0 Å². The summed E-state index contributed by atoms with van der Waals surface area (Å²) in [6.45, 7) is 3.58. The molecule has 0 saturated heterocycles. The van der Waals surface area contributed by atoms with E-state index in [1.54, 1.807) is 0 Å². The number of allylic oxidation sites excluding steroid dienone is 3. The second kappa shape index (κ2) is 7.96. The Morgan fingerprint density at radius 1 is 1.33 bits per heavy atom. The van der Waals surface area contributed by atoms with Gasteiger partial charge in [-0.3, -0.25) is 0 Å². The van der Waals surface area contributed by atoms with Gasteiger partial charge in [0.25, 0.3) is 0 Å². The first-order valence-electron chi connectivity index (χ1n) is 3.25. The highest BCUT2D eigenvalue weighted by molar-refractivity contribution is 9.09. The minimum Gasteiger partial charge on any atom is -0.0991 e. The van der Waals surface area contributed by atoms with Gasteiger partial charge in [-0.25, -0.2) is 0 Å². The maximum absolute atomic E-state index is 3.58. The predicted molar refractivity (Wildman–Crippen MR) is 47.0 cm³/mol. The van der Waals surface area contributed by atoms with Crippen LogP contribution in [0.3, 0.4) is 0 Å². The third-order valence-corrected chi connectivity index (χ3v) is 1.59. The van der Waals surface area contributed by atoms with Crippen LogP contribution in [-0.2, 0) is 0 Å². The lowest BCUT2D eigenvalue weighted by Gasteiger charge is -1.88. The Bertz CT molecular complexity index is 84.6. The lowest BCUT2D eigenvalue weighted by Crippen LogP contribution is -1.72. The average Bonchev–Trinajstić information content (AvgIpc) is 1.89. The second-order valence-corrected chi connectivity index (χ2v) is 2.64. The van der Waals surface area contributed by atoms with E-state index in [0.717, 1.165) is 5.33 Å². The van der Waals surface area contributed by atoms with Crippen LogP contribution < -0.4 is 0 Å². The Hall–Kier alpha value is -0.0400. The highest BCUT2D eigenvalue weighted by Gasteiger charge is 1.79. The smallest absolute Gasteiger partial charge is 0.00314 e. The minimum atomic E-state index is 1.12. The van der Waals surface area contributed by atoms with Gasteiger partial charge in [-0.1, -0.05) is 40.7 Å². The van der Waals surface area contributed by atoms with Crippen molar-refractivity contribution in [3.63, 3.8) is 0 Å². The molecule has 0 aliphatic heterocycles. The quantitative estimate of drug-likeness (QED) is 0.353. The molecule has 0 saturated carbocycles. The van der Waals surface area contributed by atoms with Gasteiger partial charge in [-0.05, 0) is 19.3 Å². The Balaban J connectivity index is 2.90. The van der Waals surface area contributed by atoms with Crippen LogP contribution in [0.1, 0.15) is 19.3 Å². The third-order valence-electron chi connectivity index (χ3n) is 1.03. The zero-order valence-corrected chi connectivity index (χ0v) is 7.23. The summed E-state index contributed by atoms with van der Waals surface area (Å²) < 4.78 is 0. The molecule has 0 heterocycles. The maximum Gasteiger partial charge on any atom is 0.00314 e. The van der Waals surface area contributed by atoms with Crippen LogP contribution >= 0.6 is 15.9 Å². The summed E-state index contributed by atoms with van der Waals surface area (Å²) in [5.74, 6) is 0. The molecule has 0 bridgehead atoms. The fourth-order valence-electron chi connectivity index (χ4n) is 0.549. The first-order valence-corrected chi connectivity index (χ1v) is 4.37. The van der Waals surface area contributed by atoms with E-state index in [1.807, 2.05) is 12.2 Å². The first kappa shape index (κ1) is 8.96.